The van der Waals surface area contributed by atoms with Crippen LogP contribution in [0, 0.1) is 5.82 Å². The van der Waals surface area contributed by atoms with Crippen molar-refractivity contribution in [2.75, 3.05) is 0 Å². The van der Waals surface area contributed by atoms with Gasteiger partial charge in [-0.25, -0.2) is 9.37 Å². The lowest BCUT2D eigenvalue weighted by Gasteiger charge is -2.04. The number of benzene rings is 2. The Kier molecular flexibility index (Phi) is 3.17. The van der Waals surface area contributed by atoms with Crippen LogP contribution in [0.4, 0.5) is 4.39 Å². The van der Waals surface area contributed by atoms with Gasteiger partial charge in [0.05, 0.1) is 5.92 Å². The van der Waals surface area contributed by atoms with Gasteiger partial charge in [0.2, 0.25) is 0 Å². The van der Waals surface area contributed by atoms with E-state index in [0.29, 0.717) is 11.1 Å². The second-order valence-corrected chi connectivity index (χ2v) is 4.81. The summed E-state index contributed by atoms with van der Waals surface area (Å²) in [5.41, 5.74) is 3.71. The summed E-state index contributed by atoms with van der Waals surface area (Å²) in [6.07, 6.45) is 1.35. The molecule has 1 heterocycles. The van der Waals surface area contributed by atoms with Crippen LogP contribution in [0.1, 0.15) is 18.4 Å². The van der Waals surface area contributed by atoms with E-state index in [1.807, 2.05) is 6.07 Å². The lowest BCUT2D eigenvalue weighted by atomic mass is 10.0. The van der Waals surface area contributed by atoms with Crippen LogP contribution in [-0.4, -0.2) is 16.1 Å². The van der Waals surface area contributed by atoms with E-state index in [0.717, 1.165) is 16.7 Å². The molecule has 21 heavy (non-hydrogen) atoms. The SMILES string of the molecule is CC(C(=O)O)c1ccc2ocnc2c1.Fc1c2cccc1-2. The summed E-state index contributed by atoms with van der Waals surface area (Å²) in [5.74, 6) is -1.37. The Morgan fingerprint density at radius 3 is 2.57 bits per heavy atom. The first kappa shape index (κ1) is 13.3. The Balaban J connectivity index is 0.000000156. The van der Waals surface area contributed by atoms with Crippen LogP contribution in [0.2, 0.25) is 0 Å². The van der Waals surface area contributed by atoms with Gasteiger partial charge < -0.3 is 9.52 Å². The summed E-state index contributed by atoms with van der Waals surface area (Å²) in [4.78, 5) is 14.7. The summed E-state index contributed by atoms with van der Waals surface area (Å²) in [7, 11) is 0. The van der Waals surface area contributed by atoms with Crippen molar-refractivity contribution < 1.29 is 18.7 Å². The lowest BCUT2D eigenvalue weighted by Crippen LogP contribution is -2.06. The third-order valence-corrected chi connectivity index (χ3v) is 3.45. The molecule has 1 atom stereocenters. The molecule has 1 unspecified atom stereocenters. The monoisotopic (exact) mass is 285 g/mol. The fraction of sp³-hybridized carbons (Fsp3) is 0.125. The first-order valence-electron chi connectivity index (χ1n) is 6.43. The van der Waals surface area contributed by atoms with E-state index in [1.54, 1.807) is 37.3 Å². The number of aliphatic carboxylic acids is 1. The van der Waals surface area contributed by atoms with Crippen LogP contribution in [0.5, 0.6) is 0 Å². The number of carbonyl (C=O) groups is 1. The van der Waals surface area contributed by atoms with Gasteiger partial charge in [0, 0.05) is 11.1 Å². The van der Waals surface area contributed by atoms with Crippen LogP contribution < -0.4 is 0 Å². The highest BCUT2D eigenvalue weighted by molar-refractivity contribution is 5.82. The van der Waals surface area contributed by atoms with Crippen molar-refractivity contribution in [3.05, 3.63) is 54.2 Å². The molecule has 2 aliphatic carbocycles. The molecule has 1 aromatic heterocycles. The van der Waals surface area contributed by atoms with E-state index in [-0.39, 0.29) is 5.82 Å². The number of nitrogens with zero attached hydrogens (tertiary/aromatic N) is 1. The van der Waals surface area contributed by atoms with Gasteiger partial charge in [-0.1, -0.05) is 24.3 Å². The predicted molar refractivity (Wildman–Crippen MR) is 75.5 cm³/mol. The van der Waals surface area contributed by atoms with Gasteiger partial charge in [0.25, 0.3) is 0 Å². The fourth-order valence-electron chi connectivity index (χ4n) is 2.05. The Morgan fingerprint density at radius 1 is 1.29 bits per heavy atom. The van der Waals surface area contributed by atoms with Crippen molar-refractivity contribution in [2.24, 2.45) is 0 Å². The van der Waals surface area contributed by atoms with Crippen LogP contribution in [0.3, 0.4) is 0 Å². The summed E-state index contributed by atoms with van der Waals surface area (Å²) < 4.78 is 17.0. The molecule has 0 amide bonds. The number of aromatic nitrogens is 1. The summed E-state index contributed by atoms with van der Waals surface area (Å²) >= 11 is 0. The van der Waals surface area contributed by atoms with Crippen LogP contribution in [0.25, 0.3) is 22.2 Å². The molecule has 0 bridgehead atoms. The van der Waals surface area contributed by atoms with Crippen molar-refractivity contribution in [3.8, 4) is 11.1 Å². The van der Waals surface area contributed by atoms with Gasteiger partial charge in [-0.05, 0) is 24.6 Å². The number of carboxylic acid groups (broad SMARTS) is 1. The highest BCUT2D eigenvalue weighted by Gasteiger charge is 2.22. The van der Waals surface area contributed by atoms with Crippen molar-refractivity contribution >= 4 is 17.1 Å². The summed E-state index contributed by atoms with van der Waals surface area (Å²) in [5, 5.41) is 8.81. The molecule has 5 heteroatoms. The largest absolute Gasteiger partial charge is 0.481 e. The molecule has 1 N–H and O–H groups in total. The van der Waals surface area contributed by atoms with Gasteiger partial charge in [0.15, 0.2) is 12.0 Å². The van der Waals surface area contributed by atoms with Crippen molar-refractivity contribution in [3.63, 3.8) is 0 Å². The van der Waals surface area contributed by atoms with Crippen molar-refractivity contribution in [1.82, 2.24) is 4.98 Å². The number of fused-ring (bicyclic) bond motifs is 2. The number of oxazole rings is 1. The Bertz CT molecular complexity index is 805. The topological polar surface area (TPSA) is 63.3 Å². The zero-order valence-corrected chi connectivity index (χ0v) is 11.2. The van der Waals surface area contributed by atoms with Crippen molar-refractivity contribution in [2.45, 2.75) is 12.8 Å². The lowest BCUT2D eigenvalue weighted by molar-refractivity contribution is -0.138. The van der Waals surface area contributed by atoms with E-state index < -0.39 is 11.9 Å². The maximum absolute atomic E-state index is 12.0. The van der Waals surface area contributed by atoms with Gasteiger partial charge in [-0.3, -0.25) is 4.79 Å². The Labute approximate surface area is 119 Å². The molecule has 0 saturated heterocycles. The minimum Gasteiger partial charge on any atom is -0.481 e. The maximum Gasteiger partial charge on any atom is 0.310 e. The molecule has 0 spiro atoms. The third-order valence-electron chi connectivity index (χ3n) is 3.45. The number of carboxylic acids is 1. The highest BCUT2D eigenvalue weighted by Crippen LogP contribution is 2.39. The molecule has 0 saturated carbocycles. The molecule has 106 valence electrons. The third kappa shape index (κ3) is 2.50. The highest BCUT2D eigenvalue weighted by atomic mass is 19.1. The zero-order chi connectivity index (χ0) is 15.0. The average Bonchev–Trinajstić information content (AvgIpc) is 2.96. The van der Waals surface area contributed by atoms with E-state index in [1.165, 1.54) is 6.39 Å². The molecule has 0 radical (unpaired) electrons. The van der Waals surface area contributed by atoms with E-state index in [4.69, 9.17) is 9.52 Å². The van der Waals surface area contributed by atoms with Gasteiger partial charge >= 0.3 is 5.97 Å². The Morgan fingerprint density at radius 2 is 2.00 bits per heavy atom. The minimum atomic E-state index is -0.840. The van der Waals surface area contributed by atoms with E-state index >= 15 is 0 Å². The molecule has 4 rings (SSSR count). The van der Waals surface area contributed by atoms with E-state index in [2.05, 4.69) is 4.98 Å². The number of hydrogen-bond donors (Lipinski definition) is 1. The van der Waals surface area contributed by atoms with E-state index in [9.17, 15) is 9.18 Å². The molecule has 4 nitrogen and oxygen atoms in total. The van der Waals surface area contributed by atoms with Crippen molar-refractivity contribution in [1.29, 1.82) is 0 Å². The number of rotatable bonds is 2. The van der Waals surface area contributed by atoms with Gasteiger partial charge in [-0.15, -0.1) is 0 Å². The van der Waals surface area contributed by atoms with Crippen LogP contribution in [0.15, 0.2) is 47.2 Å². The predicted octanol–water partition coefficient (Wildman–Crippen LogP) is 3.82. The van der Waals surface area contributed by atoms with Gasteiger partial charge in [0.1, 0.15) is 11.3 Å². The number of halogens is 1. The second kappa shape index (κ2) is 5.01. The normalized spacial score (nSPS) is 12.5. The van der Waals surface area contributed by atoms with Crippen LogP contribution >= 0.6 is 0 Å². The fourth-order valence-corrected chi connectivity index (χ4v) is 2.05. The standard InChI is InChI=1S/C10H9NO3.C6H3F/c1-6(10(12)13)7-2-3-9-8(4-7)11-5-14-9;7-6-4-2-1-3-5(4)6/h2-6H,1H3,(H,12,13);1-3H. The molecule has 0 fully saturated rings. The molecule has 2 aromatic rings. The summed E-state index contributed by atoms with van der Waals surface area (Å²) in [6.45, 7) is 1.64. The molecular formula is C16H12FNO3. The van der Waals surface area contributed by atoms with Gasteiger partial charge in [-0.2, -0.15) is 0 Å². The second-order valence-electron chi connectivity index (χ2n) is 4.81. The molecule has 1 aromatic carbocycles. The average molecular weight is 285 g/mol. The zero-order valence-electron chi connectivity index (χ0n) is 11.2. The first-order chi connectivity index (χ1) is 10.1. The molecule has 2 aliphatic rings. The molecular weight excluding hydrogens is 273 g/mol. The summed E-state index contributed by atoms with van der Waals surface area (Å²) in [6, 6.07) is 10.6. The number of hydrogen-bond acceptors (Lipinski definition) is 3. The molecule has 0 aliphatic heterocycles. The maximum atomic E-state index is 12.0. The first-order valence-corrected chi connectivity index (χ1v) is 6.43. The Hall–Kier alpha value is -2.69. The smallest absolute Gasteiger partial charge is 0.310 e. The quantitative estimate of drug-likeness (QED) is 0.608. The van der Waals surface area contributed by atoms with Crippen LogP contribution in [-0.2, 0) is 4.79 Å². The minimum absolute atomic E-state index is 0.0116.